The van der Waals surface area contributed by atoms with Gasteiger partial charge in [-0.3, -0.25) is 0 Å². The molecule has 1 aliphatic heterocycles. The van der Waals surface area contributed by atoms with Gasteiger partial charge in [0.05, 0.1) is 27.7 Å². The molecule has 0 radical (unpaired) electrons. The molecule has 3 rings (SSSR count). The molecule has 1 aliphatic rings. The Kier molecular flexibility index (Phi) is 6.04. The smallest absolute Gasteiger partial charge is 0.244 e. The minimum Gasteiger partial charge on any atom is -0.495 e. The van der Waals surface area contributed by atoms with Crippen LogP contribution in [0.1, 0.15) is 0 Å². The Balaban J connectivity index is 1.80. The molecule has 1 saturated heterocycles. The Morgan fingerprint density at radius 1 is 1.04 bits per heavy atom. The van der Waals surface area contributed by atoms with Gasteiger partial charge >= 0.3 is 0 Å². The maximum absolute atomic E-state index is 13.0. The van der Waals surface area contributed by atoms with Gasteiger partial charge in [0.2, 0.25) is 10.0 Å². The van der Waals surface area contributed by atoms with Crippen LogP contribution in [0.4, 0.5) is 5.69 Å². The van der Waals surface area contributed by atoms with Gasteiger partial charge in [-0.05, 0) is 40.2 Å². The summed E-state index contributed by atoms with van der Waals surface area (Å²) in [7, 11) is -2.04. The Bertz CT molecular complexity index is 916. The number of para-hydroxylation sites is 2. The molecule has 140 valence electrons. The number of piperazine rings is 1. The second-order valence-electron chi connectivity index (χ2n) is 5.76. The minimum atomic E-state index is -3.67. The van der Waals surface area contributed by atoms with Gasteiger partial charge in [0.1, 0.15) is 5.75 Å². The highest BCUT2D eigenvalue weighted by molar-refractivity contribution is 9.10. The van der Waals surface area contributed by atoms with Gasteiger partial charge in [0, 0.05) is 30.7 Å². The van der Waals surface area contributed by atoms with Crippen LogP contribution in [0.5, 0.6) is 5.75 Å². The molecule has 0 N–H and O–H groups in total. The zero-order chi connectivity index (χ0) is 18.9. The molecule has 0 aliphatic carbocycles. The zero-order valence-electron chi connectivity index (χ0n) is 14.0. The molecule has 0 spiro atoms. The summed E-state index contributed by atoms with van der Waals surface area (Å²) >= 11 is 15.2. The predicted molar refractivity (Wildman–Crippen MR) is 108 cm³/mol. The molecule has 0 saturated carbocycles. The van der Waals surface area contributed by atoms with Crippen molar-refractivity contribution in [2.24, 2.45) is 0 Å². The number of hydrogen-bond acceptors (Lipinski definition) is 4. The number of hydrogen-bond donors (Lipinski definition) is 0. The summed E-state index contributed by atoms with van der Waals surface area (Å²) in [6.07, 6.45) is 0. The Morgan fingerprint density at radius 2 is 1.65 bits per heavy atom. The summed E-state index contributed by atoms with van der Waals surface area (Å²) < 4.78 is 33.2. The van der Waals surface area contributed by atoms with Crippen molar-refractivity contribution in [3.63, 3.8) is 0 Å². The Hall–Kier alpha value is -0.990. The van der Waals surface area contributed by atoms with Crippen molar-refractivity contribution in [1.29, 1.82) is 0 Å². The lowest BCUT2D eigenvalue weighted by molar-refractivity contribution is 0.378. The summed E-state index contributed by atoms with van der Waals surface area (Å²) in [6.45, 7) is 1.87. The molecule has 2 aromatic carbocycles. The normalized spacial score (nSPS) is 15.9. The van der Waals surface area contributed by atoms with Gasteiger partial charge in [-0.2, -0.15) is 4.31 Å². The molecule has 0 unspecified atom stereocenters. The lowest BCUT2D eigenvalue weighted by Crippen LogP contribution is -2.48. The third-order valence-corrected chi connectivity index (χ3v) is 7.84. The van der Waals surface area contributed by atoms with E-state index < -0.39 is 10.0 Å². The van der Waals surface area contributed by atoms with Crippen LogP contribution in [0.2, 0.25) is 10.0 Å². The van der Waals surface area contributed by atoms with Crippen LogP contribution in [0.3, 0.4) is 0 Å². The summed E-state index contributed by atoms with van der Waals surface area (Å²) in [5, 5.41) is 0.514. The summed E-state index contributed by atoms with van der Waals surface area (Å²) in [5.74, 6) is 0.774. The highest BCUT2D eigenvalue weighted by atomic mass is 79.9. The highest BCUT2D eigenvalue weighted by Gasteiger charge is 2.31. The van der Waals surface area contributed by atoms with Crippen molar-refractivity contribution in [2.45, 2.75) is 4.90 Å². The largest absolute Gasteiger partial charge is 0.495 e. The number of ether oxygens (including phenoxy) is 1. The quantitative estimate of drug-likeness (QED) is 0.614. The van der Waals surface area contributed by atoms with Gasteiger partial charge in [-0.1, -0.05) is 35.3 Å². The number of nitrogens with zero attached hydrogens (tertiary/aromatic N) is 2. The van der Waals surface area contributed by atoms with Gasteiger partial charge in [0.25, 0.3) is 0 Å². The number of sulfonamides is 1. The molecular weight excluding hydrogens is 463 g/mol. The maximum Gasteiger partial charge on any atom is 0.244 e. The SMILES string of the molecule is COc1ccccc1N1CCN(S(=O)(=O)c2cc(Cl)c(Cl)cc2Br)CC1. The number of benzene rings is 2. The fraction of sp³-hybridized carbons (Fsp3) is 0.294. The zero-order valence-corrected chi connectivity index (χ0v) is 17.9. The number of rotatable bonds is 4. The molecule has 0 amide bonds. The van der Waals surface area contributed by atoms with E-state index in [0.29, 0.717) is 35.7 Å². The Morgan fingerprint density at radius 3 is 2.31 bits per heavy atom. The van der Waals surface area contributed by atoms with E-state index >= 15 is 0 Å². The van der Waals surface area contributed by atoms with Crippen LogP contribution in [-0.2, 0) is 10.0 Å². The molecule has 0 atom stereocenters. The molecule has 9 heteroatoms. The predicted octanol–water partition coefficient (Wildman–Crippen LogP) is 4.28. The van der Waals surface area contributed by atoms with E-state index in [1.807, 2.05) is 24.3 Å². The first kappa shape index (κ1) is 19.8. The van der Waals surface area contributed by atoms with E-state index in [9.17, 15) is 8.42 Å². The lowest BCUT2D eigenvalue weighted by Gasteiger charge is -2.36. The average Bonchev–Trinajstić information content (AvgIpc) is 2.64. The molecule has 1 fully saturated rings. The van der Waals surface area contributed by atoms with Crippen LogP contribution in [0.25, 0.3) is 0 Å². The summed E-state index contributed by atoms with van der Waals surface area (Å²) in [4.78, 5) is 2.24. The molecule has 0 bridgehead atoms. The van der Waals surface area contributed by atoms with Crippen molar-refractivity contribution < 1.29 is 13.2 Å². The maximum atomic E-state index is 13.0. The standard InChI is InChI=1S/C17H17BrCl2N2O3S/c1-25-16-5-3-2-4-15(16)21-6-8-22(9-7-21)26(23,24)17-11-14(20)13(19)10-12(17)18/h2-5,10-11H,6-9H2,1H3. The van der Waals surface area contributed by atoms with Gasteiger partial charge in [0.15, 0.2) is 0 Å². The summed E-state index contributed by atoms with van der Waals surface area (Å²) in [6, 6.07) is 10.6. The third kappa shape index (κ3) is 3.82. The lowest BCUT2D eigenvalue weighted by atomic mass is 10.2. The first-order chi connectivity index (χ1) is 12.3. The molecule has 2 aromatic rings. The van der Waals surface area contributed by atoms with Crippen molar-refractivity contribution in [2.75, 3.05) is 38.2 Å². The number of anilines is 1. The van der Waals surface area contributed by atoms with Crippen molar-refractivity contribution >= 4 is 54.8 Å². The number of methoxy groups -OCH3 is 1. The highest BCUT2D eigenvalue weighted by Crippen LogP contribution is 2.34. The minimum absolute atomic E-state index is 0.123. The van der Waals surface area contributed by atoms with Crippen LogP contribution >= 0.6 is 39.1 Å². The van der Waals surface area contributed by atoms with Crippen LogP contribution in [0, 0.1) is 0 Å². The van der Waals surface area contributed by atoms with E-state index in [0.717, 1.165) is 11.4 Å². The molecular formula is C17H17BrCl2N2O3S. The fourth-order valence-electron chi connectivity index (χ4n) is 2.90. The fourth-order valence-corrected chi connectivity index (χ4v) is 5.88. The van der Waals surface area contributed by atoms with Crippen molar-refractivity contribution in [1.82, 2.24) is 4.31 Å². The monoisotopic (exact) mass is 478 g/mol. The molecule has 1 heterocycles. The first-order valence-electron chi connectivity index (χ1n) is 7.87. The summed E-state index contributed by atoms with van der Waals surface area (Å²) in [5.41, 5.74) is 0.961. The average molecular weight is 480 g/mol. The van der Waals surface area contributed by atoms with E-state index in [1.165, 1.54) is 16.4 Å². The van der Waals surface area contributed by atoms with Crippen molar-refractivity contribution in [3.05, 3.63) is 50.9 Å². The molecule has 0 aromatic heterocycles. The third-order valence-electron chi connectivity index (χ3n) is 4.26. The topological polar surface area (TPSA) is 49.9 Å². The molecule has 26 heavy (non-hydrogen) atoms. The van der Waals surface area contributed by atoms with Gasteiger partial charge in [-0.25, -0.2) is 8.42 Å². The van der Waals surface area contributed by atoms with E-state index in [4.69, 9.17) is 27.9 Å². The van der Waals surface area contributed by atoms with Crippen LogP contribution < -0.4 is 9.64 Å². The van der Waals surface area contributed by atoms with E-state index in [-0.39, 0.29) is 9.92 Å². The first-order valence-corrected chi connectivity index (χ1v) is 10.9. The second-order valence-corrected chi connectivity index (χ2v) is 9.33. The van der Waals surface area contributed by atoms with E-state index in [2.05, 4.69) is 20.8 Å². The van der Waals surface area contributed by atoms with Crippen LogP contribution in [-0.4, -0.2) is 46.0 Å². The number of halogens is 3. The van der Waals surface area contributed by atoms with Crippen molar-refractivity contribution in [3.8, 4) is 5.75 Å². The second kappa shape index (κ2) is 7.94. The molecule has 5 nitrogen and oxygen atoms in total. The van der Waals surface area contributed by atoms with Crippen LogP contribution in [0.15, 0.2) is 45.8 Å². The van der Waals surface area contributed by atoms with E-state index in [1.54, 1.807) is 7.11 Å². The Labute approximate surface area is 171 Å². The van der Waals surface area contributed by atoms with Gasteiger partial charge < -0.3 is 9.64 Å². The van der Waals surface area contributed by atoms with Gasteiger partial charge in [-0.15, -0.1) is 0 Å².